The second-order valence-corrected chi connectivity index (χ2v) is 7.47. The van der Waals surface area contributed by atoms with Crippen molar-refractivity contribution in [2.45, 2.75) is 25.3 Å². The van der Waals surface area contributed by atoms with E-state index >= 15 is 0 Å². The van der Waals surface area contributed by atoms with Crippen LogP contribution < -0.4 is 24.3 Å². The van der Waals surface area contributed by atoms with Crippen LogP contribution >= 0.6 is 0 Å². The van der Waals surface area contributed by atoms with Gasteiger partial charge in [-0.3, -0.25) is 14.5 Å². The standard InChI is InChI=1S/C24H30N2O6/c1-29-19-7-5-16(13-21(19)31-3)9-11-25-18-15-23(27)26(24(18)28)12-10-17-6-8-20(30-2)22(14-17)32-4/h5-8,13-14,18,25H,9-12,15H2,1-4H3/t18-/m1/s1. The minimum atomic E-state index is -0.493. The number of nitrogens with one attached hydrogen (secondary N) is 1. The molecule has 1 heterocycles. The molecular formula is C24H30N2O6. The van der Waals surface area contributed by atoms with Crippen LogP contribution in [0.15, 0.2) is 36.4 Å². The van der Waals surface area contributed by atoms with E-state index in [0.717, 1.165) is 11.1 Å². The number of amides is 2. The van der Waals surface area contributed by atoms with Crippen LogP contribution in [0.5, 0.6) is 23.0 Å². The maximum absolute atomic E-state index is 12.7. The van der Waals surface area contributed by atoms with Gasteiger partial charge in [0.2, 0.25) is 11.8 Å². The number of hydrogen-bond acceptors (Lipinski definition) is 7. The van der Waals surface area contributed by atoms with Crippen molar-refractivity contribution in [3.8, 4) is 23.0 Å². The van der Waals surface area contributed by atoms with E-state index in [2.05, 4.69) is 5.32 Å². The van der Waals surface area contributed by atoms with Gasteiger partial charge in [-0.15, -0.1) is 0 Å². The molecule has 0 bridgehead atoms. The lowest BCUT2D eigenvalue weighted by atomic mass is 10.1. The highest BCUT2D eigenvalue weighted by Crippen LogP contribution is 2.29. The first-order chi connectivity index (χ1) is 15.5. The number of nitrogens with zero attached hydrogens (tertiary/aromatic N) is 1. The molecule has 172 valence electrons. The molecule has 0 aromatic heterocycles. The summed E-state index contributed by atoms with van der Waals surface area (Å²) >= 11 is 0. The van der Waals surface area contributed by atoms with Gasteiger partial charge < -0.3 is 24.3 Å². The van der Waals surface area contributed by atoms with Crippen molar-refractivity contribution in [3.05, 3.63) is 47.5 Å². The topological polar surface area (TPSA) is 86.3 Å². The Morgan fingerprint density at radius 2 is 1.34 bits per heavy atom. The molecule has 2 aromatic carbocycles. The summed E-state index contributed by atoms with van der Waals surface area (Å²) in [6, 6.07) is 10.8. The molecule has 0 radical (unpaired) electrons. The fourth-order valence-electron chi connectivity index (χ4n) is 3.78. The molecular weight excluding hydrogens is 412 g/mol. The van der Waals surface area contributed by atoms with Crippen molar-refractivity contribution in [1.82, 2.24) is 10.2 Å². The first kappa shape index (κ1) is 23.4. The average molecular weight is 443 g/mol. The molecule has 0 spiro atoms. The lowest BCUT2D eigenvalue weighted by Gasteiger charge is -2.16. The molecule has 0 saturated carbocycles. The Morgan fingerprint density at radius 1 is 0.812 bits per heavy atom. The van der Waals surface area contributed by atoms with Crippen LogP contribution in [0.2, 0.25) is 0 Å². The molecule has 0 unspecified atom stereocenters. The summed E-state index contributed by atoms with van der Waals surface area (Å²) in [5.74, 6) is 2.27. The second-order valence-electron chi connectivity index (χ2n) is 7.47. The maximum Gasteiger partial charge on any atom is 0.246 e. The first-order valence-electron chi connectivity index (χ1n) is 10.5. The van der Waals surface area contributed by atoms with Crippen molar-refractivity contribution in [2.75, 3.05) is 41.5 Å². The minimum absolute atomic E-state index is 0.154. The van der Waals surface area contributed by atoms with Gasteiger partial charge in [0.25, 0.3) is 0 Å². The lowest BCUT2D eigenvalue weighted by Crippen LogP contribution is -2.40. The fraction of sp³-hybridized carbons (Fsp3) is 0.417. The highest BCUT2D eigenvalue weighted by Gasteiger charge is 2.37. The SMILES string of the molecule is COc1ccc(CCN[C@@H]2CC(=O)N(CCc3ccc(OC)c(OC)c3)C2=O)cc1OC. The Labute approximate surface area is 188 Å². The summed E-state index contributed by atoms with van der Waals surface area (Å²) in [7, 11) is 6.35. The molecule has 0 aliphatic carbocycles. The van der Waals surface area contributed by atoms with Crippen LogP contribution in [0.25, 0.3) is 0 Å². The molecule has 8 nitrogen and oxygen atoms in total. The van der Waals surface area contributed by atoms with Gasteiger partial charge in [0.1, 0.15) is 0 Å². The highest BCUT2D eigenvalue weighted by molar-refractivity contribution is 6.05. The van der Waals surface area contributed by atoms with Gasteiger partial charge in [0.15, 0.2) is 23.0 Å². The highest BCUT2D eigenvalue weighted by atomic mass is 16.5. The zero-order valence-corrected chi connectivity index (χ0v) is 19.0. The lowest BCUT2D eigenvalue weighted by molar-refractivity contribution is -0.138. The van der Waals surface area contributed by atoms with E-state index in [-0.39, 0.29) is 18.2 Å². The molecule has 32 heavy (non-hydrogen) atoms. The van der Waals surface area contributed by atoms with Gasteiger partial charge in [0.05, 0.1) is 40.9 Å². The summed E-state index contributed by atoms with van der Waals surface area (Å²) in [5, 5.41) is 3.22. The molecule has 1 aliphatic rings. The molecule has 1 saturated heterocycles. The monoisotopic (exact) mass is 442 g/mol. The van der Waals surface area contributed by atoms with Crippen LogP contribution in [-0.2, 0) is 22.4 Å². The van der Waals surface area contributed by atoms with E-state index in [1.54, 1.807) is 28.4 Å². The third-order valence-electron chi connectivity index (χ3n) is 5.57. The van der Waals surface area contributed by atoms with Crippen molar-refractivity contribution in [3.63, 3.8) is 0 Å². The number of methoxy groups -OCH3 is 4. The van der Waals surface area contributed by atoms with E-state index in [4.69, 9.17) is 18.9 Å². The van der Waals surface area contributed by atoms with Gasteiger partial charge in [-0.2, -0.15) is 0 Å². The Bertz CT molecular complexity index is 962. The summed E-state index contributed by atoms with van der Waals surface area (Å²) in [4.78, 5) is 26.5. The Morgan fingerprint density at radius 3 is 1.88 bits per heavy atom. The van der Waals surface area contributed by atoms with Crippen LogP contribution in [0, 0.1) is 0 Å². The first-order valence-corrected chi connectivity index (χ1v) is 10.5. The third-order valence-corrected chi connectivity index (χ3v) is 5.57. The molecule has 3 rings (SSSR count). The number of rotatable bonds is 11. The second kappa shape index (κ2) is 10.9. The Hall–Kier alpha value is -3.26. The van der Waals surface area contributed by atoms with Crippen LogP contribution in [0.4, 0.5) is 0 Å². The molecule has 1 N–H and O–H groups in total. The fourth-order valence-corrected chi connectivity index (χ4v) is 3.78. The van der Waals surface area contributed by atoms with Crippen LogP contribution in [-0.4, -0.2) is 64.3 Å². The van der Waals surface area contributed by atoms with Gasteiger partial charge in [0, 0.05) is 6.54 Å². The van der Waals surface area contributed by atoms with Gasteiger partial charge in [-0.1, -0.05) is 12.1 Å². The summed E-state index contributed by atoms with van der Waals surface area (Å²) in [6.45, 7) is 0.906. The number of ether oxygens (including phenoxy) is 4. The van der Waals surface area contributed by atoms with E-state index < -0.39 is 6.04 Å². The number of carbonyl (C=O) groups is 2. The van der Waals surface area contributed by atoms with Crippen molar-refractivity contribution >= 4 is 11.8 Å². The molecule has 1 atom stereocenters. The average Bonchev–Trinajstić information content (AvgIpc) is 3.09. The third kappa shape index (κ3) is 5.31. The van der Waals surface area contributed by atoms with Gasteiger partial charge >= 0.3 is 0 Å². The molecule has 8 heteroatoms. The number of carbonyl (C=O) groups excluding carboxylic acids is 2. The number of benzene rings is 2. The van der Waals surface area contributed by atoms with E-state index in [9.17, 15) is 9.59 Å². The molecule has 2 aromatic rings. The zero-order chi connectivity index (χ0) is 23.1. The van der Waals surface area contributed by atoms with Crippen molar-refractivity contribution in [2.24, 2.45) is 0 Å². The summed E-state index contributed by atoms with van der Waals surface area (Å²) in [5.41, 5.74) is 2.02. The van der Waals surface area contributed by atoms with E-state index in [1.807, 2.05) is 36.4 Å². The summed E-state index contributed by atoms with van der Waals surface area (Å²) in [6.07, 6.45) is 1.43. The van der Waals surface area contributed by atoms with Crippen LogP contribution in [0.3, 0.4) is 0 Å². The zero-order valence-electron chi connectivity index (χ0n) is 19.0. The molecule has 2 amide bonds. The van der Waals surface area contributed by atoms with E-state index in [1.165, 1.54) is 4.90 Å². The largest absolute Gasteiger partial charge is 0.493 e. The summed E-state index contributed by atoms with van der Waals surface area (Å²) < 4.78 is 21.1. The van der Waals surface area contributed by atoms with Crippen molar-refractivity contribution in [1.29, 1.82) is 0 Å². The normalized spacial score (nSPS) is 15.8. The smallest absolute Gasteiger partial charge is 0.246 e. The predicted molar refractivity (Wildman–Crippen MR) is 120 cm³/mol. The molecule has 1 fully saturated rings. The number of hydrogen-bond donors (Lipinski definition) is 1. The minimum Gasteiger partial charge on any atom is -0.493 e. The van der Waals surface area contributed by atoms with E-state index in [0.29, 0.717) is 48.9 Å². The predicted octanol–water partition coefficient (Wildman–Crippen LogP) is 2.22. The quantitative estimate of drug-likeness (QED) is 0.534. The molecule has 1 aliphatic heterocycles. The van der Waals surface area contributed by atoms with Gasteiger partial charge in [-0.05, 0) is 54.8 Å². The van der Waals surface area contributed by atoms with Gasteiger partial charge in [-0.25, -0.2) is 0 Å². The Balaban J connectivity index is 1.52. The van der Waals surface area contributed by atoms with Crippen molar-refractivity contribution < 1.29 is 28.5 Å². The number of imide groups is 1. The number of likely N-dealkylation sites (tertiary alicyclic amines) is 1. The van der Waals surface area contributed by atoms with Crippen LogP contribution in [0.1, 0.15) is 17.5 Å². The maximum atomic E-state index is 12.7. The Kier molecular flexibility index (Phi) is 7.94.